The van der Waals surface area contributed by atoms with Crippen molar-refractivity contribution in [1.82, 2.24) is 10.6 Å². The Morgan fingerprint density at radius 2 is 1.72 bits per heavy atom. The highest BCUT2D eigenvalue weighted by molar-refractivity contribution is 9.10. The number of aliphatic hydroxyl groups is 1. The molecule has 0 aliphatic carbocycles. The van der Waals surface area contributed by atoms with Crippen LogP contribution in [0.4, 0.5) is 4.39 Å². The third kappa shape index (κ3) is 9.98. The Kier molecular flexibility index (Phi) is 14.3. The van der Waals surface area contributed by atoms with Gasteiger partial charge in [0.1, 0.15) is 12.4 Å². The number of hydrogen-bond acceptors (Lipinski definition) is 5. The Bertz CT molecular complexity index is 722. The third-order valence-corrected chi connectivity index (χ3v) is 4.42. The van der Waals surface area contributed by atoms with Crippen molar-refractivity contribution in [3.8, 4) is 11.5 Å². The minimum atomic E-state index is -0.340. The van der Waals surface area contributed by atoms with Gasteiger partial charge in [0, 0.05) is 26.2 Å². The van der Waals surface area contributed by atoms with Crippen LogP contribution in [0.1, 0.15) is 18.1 Å². The second kappa shape index (κ2) is 14.8. The average molecular weight is 514 g/mol. The van der Waals surface area contributed by atoms with Crippen LogP contribution < -0.4 is 20.1 Å². The molecule has 0 bridgehead atoms. The second-order valence-corrected chi connectivity index (χ2v) is 7.11. The van der Waals surface area contributed by atoms with Gasteiger partial charge in [0.2, 0.25) is 0 Å². The predicted octanol–water partition coefficient (Wildman–Crippen LogP) is 4.08. The van der Waals surface area contributed by atoms with Crippen LogP contribution in [-0.4, -0.2) is 38.0 Å². The summed E-state index contributed by atoms with van der Waals surface area (Å²) in [6.07, 6.45) is -0.340. The van der Waals surface area contributed by atoms with Crippen LogP contribution >= 0.6 is 40.7 Å². The first kappa shape index (κ1) is 27.9. The van der Waals surface area contributed by atoms with Crippen LogP contribution in [0.3, 0.4) is 0 Å². The molecule has 0 aliphatic rings. The Balaban J connectivity index is 0.00000392. The van der Waals surface area contributed by atoms with E-state index in [1.807, 2.05) is 12.1 Å². The maximum absolute atomic E-state index is 13.0. The maximum Gasteiger partial charge on any atom is 0.175 e. The van der Waals surface area contributed by atoms with Crippen molar-refractivity contribution >= 4 is 40.7 Å². The van der Waals surface area contributed by atoms with Crippen molar-refractivity contribution in [3.05, 3.63) is 57.8 Å². The minimum Gasteiger partial charge on any atom is -0.493 e. The van der Waals surface area contributed by atoms with E-state index in [9.17, 15) is 9.50 Å². The molecule has 5 nitrogen and oxygen atoms in total. The molecular weight excluding hydrogens is 486 g/mol. The van der Waals surface area contributed by atoms with E-state index in [1.54, 1.807) is 26.2 Å². The van der Waals surface area contributed by atoms with E-state index in [-0.39, 0.29) is 36.7 Å². The van der Waals surface area contributed by atoms with Gasteiger partial charge in [-0.25, -0.2) is 4.39 Å². The summed E-state index contributed by atoms with van der Waals surface area (Å²) in [5.74, 6) is 0.982. The zero-order chi connectivity index (χ0) is 19.6. The lowest BCUT2D eigenvalue weighted by atomic mass is 10.2. The molecule has 29 heavy (non-hydrogen) atoms. The first-order valence-corrected chi connectivity index (χ1v) is 9.62. The summed E-state index contributed by atoms with van der Waals surface area (Å²) in [6, 6.07) is 10.1. The summed E-state index contributed by atoms with van der Waals surface area (Å²) >= 11 is 3.54. The Morgan fingerprint density at radius 3 is 2.34 bits per heavy atom. The van der Waals surface area contributed by atoms with E-state index in [2.05, 4.69) is 26.6 Å². The minimum absolute atomic E-state index is 0. The summed E-state index contributed by atoms with van der Waals surface area (Å²) in [4.78, 5) is 0. The quantitative estimate of drug-likeness (QED) is 0.395. The van der Waals surface area contributed by atoms with Crippen molar-refractivity contribution in [1.29, 1.82) is 0 Å². The van der Waals surface area contributed by atoms with Crippen molar-refractivity contribution in [3.63, 3.8) is 0 Å². The fourth-order valence-corrected chi connectivity index (χ4v) is 3.08. The van der Waals surface area contributed by atoms with Gasteiger partial charge in [-0.05, 0) is 58.2 Å². The highest BCUT2D eigenvalue weighted by Crippen LogP contribution is 2.37. The number of aliphatic hydroxyl groups excluding tert-OH is 1. The molecule has 9 heteroatoms. The number of benzene rings is 2. The summed E-state index contributed by atoms with van der Waals surface area (Å²) in [6.45, 7) is 4.91. The molecule has 2 aromatic rings. The van der Waals surface area contributed by atoms with Gasteiger partial charge in [-0.3, -0.25) is 0 Å². The fourth-order valence-electron chi connectivity index (χ4n) is 2.47. The number of ether oxygens (including phenoxy) is 2. The van der Waals surface area contributed by atoms with E-state index in [4.69, 9.17) is 9.47 Å². The Morgan fingerprint density at radius 1 is 1.07 bits per heavy atom. The first-order valence-electron chi connectivity index (χ1n) is 8.82. The third-order valence-electron chi connectivity index (χ3n) is 3.83. The maximum atomic E-state index is 13.0. The molecule has 0 radical (unpaired) electrons. The molecule has 0 saturated carbocycles. The molecule has 0 spiro atoms. The van der Waals surface area contributed by atoms with E-state index in [0.717, 1.165) is 28.7 Å². The average Bonchev–Trinajstić information content (AvgIpc) is 2.64. The van der Waals surface area contributed by atoms with Crippen LogP contribution in [0.2, 0.25) is 0 Å². The van der Waals surface area contributed by atoms with Gasteiger partial charge in [-0.1, -0.05) is 12.1 Å². The largest absolute Gasteiger partial charge is 0.493 e. The predicted molar refractivity (Wildman–Crippen MR) is 122 cm³/mol. The van der Waals surface area contributed by atoms with Gasteiger partial charge in [-0.2, -0.15) is 0 Å². The summed E-state index contributed by atoms with van der Waals surface area (Å²) in [5.41, 5.74) is 1.93. The zero-order valence-electron chi connectivity index (χ0n) is 16.4. The molecule has 0 amide bonds. The van der Waals surface area contributed by atoms with Crippen molar-refractivity contribution in [2.45, 2.75) is 26.2 Å². The molecule has 0 aliphatic heterocycles. The van der Waals surface area contributed by atoms with E-state index in [1.165, 1.54) is 12.1 Å². The molecule has 0 fully saturated rings. The Hall–Kier alpha value is -1.09. The topological polar surface area (TPSA) is 62.8 Å². The number of methoxy groups -OCH3 is 1. The highest BCUT2D eigenvalue weighted by Gasteiger charge is 2.12. The standard InChI is InChI=1S/C20H26BrFN2O3.2ClH/c1-14(25)11-23-7-8-24-12-16-9-18(21)20(19(10-16)26-2)27-13-15-3-5-17(22)6-4-15;;/h3-6,9-10,14,23-25H,7-8,11-13H2,1-2H3;2*1H. The summed E-state index contributed by atoms with van der Waals surface area (Å²) in [5, 5.41) is 15.7. The lowest BCUT2D eigenvalue weighted by Gasteiger charge is -2.15. The molecule has 2 rings (SSSR count). The Labute approximate surface area is 192 Å². The van der Waals surface area contributed by atoms with Gasteiger partial charge >= 0.3 is 0 Å². The van der Waals surface area contributed by atoms with Crippen LogP contribution in [0.25, 0.3) is 0 Å². The van der Waals surface area contributed by atoms with Crippen molar-refractivity contribution in [2.75, 3.05) is 26.7 Å². The molecule has 0 saturated heterocycles. The van der Waals surface area contributed by atoms with Crippen LogP contribution in [0, 0.1) is 5.82 Å². The SMILES string of the molecule is COc1cc(CNCCNCC(C)O)cc(Br)c1OCc1ccc(F)cc1.Cl.Cl. The van der Waals surface area contributed by atoms with Gasteiger partial charge < -0.3 is 25.2 Å². The van der Waals surface area contributed by atoms with Crippen LogP contribution in [-0.2, 0) is 13.2 Å². The van der Waals surface area contributed by atoms with E-state index in [0.29, 0.717) is 31.2 Å². The smallest absolute Gasteiger partial charge is 0.175 e. The van der Waals surface area contributed by atoms with Gasteiger partial charge in [-0.15, -0.1) is 24.8 Å². The van der Waals surface area contributed by atoms with E-state index < -0.39 is 0 Å². The molecule has 0 aromatic heterocycles. The fraction of sp³-hybridized carbons (Fsp3) is 0.400. The lowest BCUT2D eigenvalue weighted by molar-refractivity contribution is 0.191. The van der Waals surface area contributed by atoms with Crippen LogP contribution in [0.15, 0.2) is 40.9 Å². The van der Waals surface area contributed by atoms with Crippen LogP contribution in [0.5, 0.6) is 11.5 Å². The molecule has 164 valence electrons. The van der Waals surface area contributed by atoms with Crippen molar-refractivity contribution < 1.29 is 19.0 Å². The van der Waals surface area contributed by atoms with Crippen molar-refractivity contribution in [2.24, 2.45) is 0 Å². The monoisotopic (exact) mass is 512 g/mol. The first-order chi connectivity index (χ1) is 13.0. The molecule has 1 unspecified atom stereocenters. The molecule has 2 aromatic carbocycles. The summed E-state index contributed by atoms with van der Waals surface area (Å²) < 4.78 is 25.1. The van der Waals surface area contributed by atoms with E-state index >= 15 is 0 Å². The highest BCUT2D eigenvalue weighted by atomic mass is 79.9. The number of halogens is 4. The number of rotatable bonds is 11. The molecule has 0 heterocycles. The lowest BCUT2D eigenvalue weighted by Crippen LogP contribution is -2.31. The number of hydrogen-bond donors (Lipinski definition) is 3. The van der Waals surface area contributed by atoms with Gasteiger partial charge in [0.15, 0.2) is 11.5 Å². The van der Waals surface area contributed by atoms with Gasteiger partial charge in [0.25, 0.3) is 0 Å². The molecular formula is C20H28BrCl2FN2O3. The summed E-state index contributed by atoms with van der Waals surface area (Å²) in [7, 11) is 1.60. The molecule has 3 N–H and O–H groups in total. The second-order valence-electron chi connectivity index (χ2n) is 6.25. The number of nitrogens with one attached hydrogen (secondary N) is 2. The zero-order valence-corrected chi connectivity index (χ0v) is 19.6. The normalized spacial score (nSPS) is 11.2. The molecule has 1 atom stereocenters. The van der Waals surface area contributed by atoms with Gasteiger partial charge in [0.05, 0.1) is 17.7 Å².